The Hall–Kier alpha value is -2.42. The summed E-state index contributed by atoms with van der Waals surface area (Å²) in [5.74, 6) is 0. The highest BCUT2D eigenvalue weighted by Gasteiger charge is 2.07. The molecule has 0 saturated carbocycles. The fourth-order valence-corrected chi connectivity index (χ4v) is 2.22. The van der Waals surface area contributed by atoms with Gasteiger partial charge in [0.25, 0.3) is 0 Å². The molecule has 3 rings (SSSR count). The number of rotatable bonds is 2. The molecule has 0 unspecified atom stereocenters. The maximum atomic E-state index is 10.9. The number of benzene rings is 1. The number of aldehydes is 1. The minimum Gasteiger partial charge on any atom is -0.306 e. The first-order valence-electron chi connectivity index (χ1n) is 6.19. The van der Waals surface area contributed by atoms with Crippen LogP contribution in [-0.4, -0.2) is 15.7 Å². The molecular formula is C16H14N2O. The van der Waals surface area contributed by atoms with Crippen LogP contribution in [0.25, 0.3) is 16.9 Å². The van der Waals surface area contributed by atoms with Gasteiger partial charge in [0.1, 0.15) is 5.65 Å². The van der Waals surface area contributed by atoms with Gasteiger partial charge >= 0.3 is 0 Å². The molecule has 2 aromatic heterocycles. The lowest BCUT2D eigenvalue weighted by molar-refractivity contribution is 0.112. The minimum atomic E-state index is 0.665. The second kappa shape index (κ2) is 4.35. The highest BCUT2D eigenvalue weighted by molar-refractivity contribution is 5.76. The first kappa shape index (κ1) is 11.7. The van der Waals surface area contributed by atoms with Gasteiger partial charge in [-0.3, -0.25) is 4.79 Å². The second-order valence-corrected chi connectivity index (χ2v) is 4.80. The van der Waals surface area contributed by atoms with E-state index in [2.05, 4.69) is 36.2 Å². The molecule has 0 amide bonds. The number of aromatic nitrogens is 2. The molecule has 0 fully saturated rings. The van der Waals surface area contributed by atoms with Gasteiger partial charge < -0.3 is 4.40 Å². The van der Waals surface area contributed by atoms with E-state index in [-0.39, 0.29) is 0 Å². The van der Waals surface area contributed by atoms with Gasteiger partial charge in [0.05, 0.1) is 5.69 Å². The van der Waals surface area contributed by atoms with Crippen molar-refractivity contribution in [3.05, 3.63) is 59.4 Å². The molecular weight excluding hydrogens is 236 g/mol. The van der Waals surface area contributed by atoms with Crippen molar-refractivity contribution in [1.82, 2.24) is 9.38 Å². The summed E-state index contributed by atoms with van der Waals surface area (Å²) in [6.45, 7) is 4.03. The molecule has 1 aromatic carbocycles. The molecule has 0 radical (unpaired) electrons. The van der Waals surface area contributed by atoms with E-state index in [1.807, 2.05) is 23.6 Å². The fraction of sp³-hybridized carbons (Fsp3) is 0.125. The number of carbonyl (C=O) groups excluding carboxylic acids is 1. The van der Waals surface area contributed by atoms with Crippen LogP contribution in [0.5, 0.6) is 0 Å². The Balaban J connectivity index is 2.18. The SMILES string of the molecule is Cc1ccc(-c2cn3cc(C=O)cc(C)c3n2)cc1. The molecule has 94 valence electrons. The molecule has 0 atom stereocenters. The number of hydrogen-bond acceptors (Lipinski definition) is 2. The van der Waals surface area contributed by atoms with Gasteiger partial charge in [-0.1, -0.05) is 29.8 Å². The quantitative estimate of drug-likeness (QED) is 0.653. The highest BCUT2D eigenvalue weighted by Crippen LogP contribution is 2.21. The lowest BCUT2D eigenvalue weighted by Crippen LogP contribution is -1.91. The molecule has 0 spiro atoms. The van der Waals surface area contributed by atoms with Crippen molar-refractivity contribution in [2.75, 3.05) is 0 Å². The van der Waals surface area contributed by atoms with Crippen molar-refractivity contribution in [2.24, 2.45) is 0 Å². The summed E-state index contributed by atoms with van der Waals surface area (Å²) < 4.78 is 1.91. The van der Waals surface area contributed by atoms with E-state index in [1.54, 1.807) is 6.20 Å². The van der Waals surface area contributed by atoms with Crippen molar-refractivity contribution in [2.45, 2.75) is 13.8 Å². The number of carbonyl (C=O) groups is 1. The average Bonchev–Trinajstić information content (AvgIpc) is 2.84. The summed E-state index contributed by atoms with van der Waals surface area (Å²) in [7, 11) is 0. The number of nitrogens with zero attached hydrogens (tertiary/aromatic N) is 2. The topological polar surface area (TPSA) is 34.4 Å². The number of fused-ring (bicyclic) bond motifs is 1. The third-order valence-corrected chi connectivity index (χ3v) is 3.24. The molecule has 0 N–H and O–H groups in total. The van der Waals surface area contributed by atoms with Crippen molar-refractivity contribution < 1.29 is 4.79 Å². The van der Waals surface area contributed by atoms with Crippen LogP contribution in [0.2, 0.25) is 0 Å². The molecule has 0 saturated heterocycles. The van der Waals surface area contributed by atoms with Gasteiger partial charge in [-0.15, -0.1) is 0 Å². The Morgan fingerprint density at radius 3 is 2.53 bits per heavy atom. The molecule has 0 aliphatic carbocycles. The van der Waals surface area contributed by atoms with Crippen molar-refractivity contribution >= 4 is 11.9 Å². The Labute approximate surface area is 111 Å². The lowest BCUT2D eigenvalue weighted by Gasteiger charge is -1.98. The molecule has 0 aliphatic heterocycles. The van der Waals surface area contributed by atoms with Gasteiger partial charge in [-0.25, -0.2) is 4.98 Å². The van der Waals surface area contributed by atoms with Crippen LogP contribution in [0, 0.1) is 13.8 Å². The van der Waals surface area contributed by atoms with Gasteiger partial charge in [-0.2, -0.15) is 0 Å². The predicted octanol–water partition coefficient (Wildman–Crippen LogP) is 3.43. The molecule has 0 bridgehead atoms. The summed E-state index contributed by atoms with van der Waals surface area (Å²) in [6, 6.07) is 10.1. The summed E-state index contributed by atoms with van der Waals surface area (Å²) in [6.07, 6.45) is 4.62. The summed E-state index contributed by atoms with van der Waals surface area (Å²) in [5.41, 5.74) is 5.79. The highest BCUT2D eigenvalue weighted by atomic mass is 16.1. The monoisotopic (exact) mass is 250 g/mol. The van der Waals surface area contributed by atoms with E-state index in [0.29, 0.717) is 5.56 Å². The largest absolute Gasteiger partial charge is 0.306 e. The molecule has 3 heteroatoms. The van der Waals surface area contributed by atoms with E-state index >= 15 is 0 Å². The molecule has 3 aromatic rings. The fourth-order valence-electron chi connectivity index (χ4n) is 2.22. The van der Waals surface area contributed by atoms with E-state index in [0.717, 1.165) is 28.8 Å². The van der Waals surface area contributed by atoms with Gasteiger partial charge in [-0.05, 0) is 25.5 Å². The normalized spacial score (nSPS) is 10.8. The van der Waals surface area contributed by atoms with Crippen molar-refractivity contribution in [1.29, 1.82) is 0 Å². The summed E-state index contributed by atoms with van der Waals surface area (Å²) in [5, 5.41) is 0. The lowest BCUT2D eigenvalue weighted by atomic mass is 10.1. The van der Waals surface area contributed by atoms with Crippen molar-refractivity contribution in [3.63, 3.8) is 0 Å². The Bertz CT molecular complexity index is 754. The second-order valence-electron chi connectivity index (χ2n) is 4.80. The minimum absolute atomic E-state index is 0.665. The van der Waals surface area contributed by atoms with E-state index in [4.69, 9.17) is 0 Å². The Morgan fingerprint density at radius 1 is 1.11 bits per heavy atom. The Morgan fingerprint density at radius 2 is 1.84 bits per heavy atom. The van der Waals surface area contributed by atoms with Crippen LogP contribution in [-0.2, 0) is 0 Å². The summed E-state index contributed by atoms with van der Waals surface area (Å²) >= 11 is 0. The Kier molecular flexibility index (Phi) is 2.67. The van der Waals surface area contributed by atoms with Crippen LogP contribution in [0.1, 0.15) is 21.5 Å². The smallest absolute Gasteiger partial charge is 0.151 e. The third kappa shape index (κ3) is 2.03. The zero-order valence-corrected chi connectivity index (χ0v) is 10.9. The number of imidazole rings is 1. The summed E-state index contributed by atoms with van der Waals surface area (Å²) in [4.78, 5) is 15.5. The third-order valence-electron chi connectivity index (χ3n) is 3.24. The predicted molar refractivity (Wildman–Crippen MR) is 75.5 cm³/mol. The van der Waals surface area contributed by atoms with Crippen molar-refractivity contribution in [3.8, 4) is 11.3 Å². The van der Waals surface area contributed by atoms with E-state index in [1.165, 1.54) is 5.56 Å². The first-order valence-corrected chi connectivity index (χ1v) is 6.19. The molecule has 3 nitrogen and oxygen atoms in total. The van der Waals surface area contributed by atoms with E-state index in [9.17, 15) is 4.79 Å². The number of aryl methyl sites for hydroxylation is 2. The van der Waals surface area contributed by atoms with Crippen LogP contribution in [0.15, 0.2) is 42.7 Å². The average molecular weight is 250 g/mol. The van der Waals surface area contributed by atoms with Gasteiger partial charge in [0.15, 0.2) is 6.29 Å². The van der Waals surface area contributed by atoms with Crippen LogP contribution in [0.4, 0.5) is 0 Å². The molecule has 19 heavy (non-hydrogen) atoms. The zero-order valence-electron chi connectivity index (χ0n) is 10.9. The van der Waals surface area contributed by atoms with E-state index < -0.39 is 0 Å². The number of hydrogen-bond donors (Lipinski definition) is 0. The molecule has 0 aliphatic rings. The van der Waals surface area contributed by atoms with Gasteiger partial charge in [0, 0.05) is 23.5 Å². The van der Waals surface area contributed by atoms with Crippen LogP contribution < -0.4 is 0 Å². The van der Waals surface area contributed by atoms with Crippen LogP contribution >= 0.6 is 0 Å². The van der Waals surface area contributed by atoms with Crippen LogP contribution in [0.3, 0.4) is 0 Å². The first-order chi connectivity index (χ1) is 9.17. The molecule has 2 heterocycles. The van der Waals surface area contributed by atoms with Gasteiger partial charge in [0.2, 0.25) is 0 Å². The standard InChI is InChI=1S/C16H14N2O/c1-11-3-5-14(6-4-11)15-9-18-8-13(10-19)7-12(2)16(18)17-15/h3-10H,1-2H3. The number of pyridine rings is 1. The zero-order chi connectivity index (χ0) is 13.4. The maximum Gasteiger partial charge on any atom is 0.151 e. The maximum absolute atomic E-state index is 10.9.